The molecule has 0 radical (unpaired) electrons. The van der Waals surface area contributed by atoms with Gasteiger partial charge in [-0.2, -0.15) is 18.3 Å². The lowest BCUT2D eigenvalue weighted by atomic mass is 9.90. The van der Waals surface area contributed by atoms with Crippen molar-refractivity contribution in [3.63, 3.8) is 0 Å². The smallest absolute Gasteiger partial charge is 0.384 e. The summed E-state index contributed by atoms with van der Waals surface area (Å²) < 4.78 is 39.8. The highest BCUT2D eigenvalue weighted by atomic mass is 32.1. The maximum absolute atomic E-state index is 12.9. The minimum absolute atomic E-state index is 0.200. The van der Waals surface area contributed by atoms with Gasteiger partial charge in [-0.15, -0.1) is 11.3 Å². The molecule has 1 saturated heterocycles. The second kappa shape index (κ2) is 9.34. The first-order valence-corrected chi connectivity index (χ1v) is 12.7. The van der Waals surface area contributed by atoms with Crippen molar-refractivity contribution in [2.24, 2.45) is 5.16 Å². The lowest BCUT2D eigenvalue weighted by Gasteiger charge is -2.31. The van der Waals surface area contributed by atoms with Crippen molar-refractivity contribution in [2.45, 2.75) is 57.3 Å². The van der Waals surface area contributed by atoms with Gasteiger partial charge in [-0.3, -0.25) is 9.48 Å². The summed E-state index contributed by atoms with van der Waals surface area (Å²) in [7, 11) is 0. The van der Waals surface area contributed by atoms with Crippen LogP contribution in [-0.2, 0) is 28.0 Å². The van der Waals surface area contributed by atoms with Crippen LogP contribution < -0.4 is 0 Å². The van der Waals surface area contributed by atoms with Crippen molar-refractivity contribution in [2.75, 3.05) is 13.1 Å². The highest BCUT2D eigenvalue weighted by Gasteiger charge is 2.38. The monoisotopic (exact) mass is 517 g/mol. The minimum Gasteiger partial charge on any atom is -0.384 e. The van der Waals surface area contributed by atoms with Gasteiger partial charge in [-0.05, 0) is 38.3 Å². The number of benzene rings is 1. The number of carbonyl (C=O) groups is 1. The van der Waals surface area contributed by atoms with E-state index in [4.69, 9.17) is 9.82 Å². The van der Waals surface area contributed by atoms with Crippen molar-refractivity contribution in [3.05, 3.63) is 69.4 Å². The van der Waals surface area contributed by atoms with E-state index in [1.807, 2.05) is 42.6 Å². The van der Waals surface area contributed by atoms with Gasteiger partial charge in [0.25, 0.3) is 0 Å². The molecule has 7 nitrogen and oxygen atoms in total. The second-order valence-corrected chi connectivity index (χ2v) is 10.3. The van der Waals surface area contributed by atoms with E-state index in [-0.39, 0.29) is 18.4 Å². The number of aromatic nitrogens is 3. The number of carbonyl (C=O) groups excluding carboxylic acids is 1. The number of thiazole rings is 1. The van der Waals surface area contributed by atoms with Gasteiger partial charge in [0.15, 0.2) is 11.3 Å². The number of hydrogen-bond acceptors (Lipinski definition) is 6. The normalized spacial score (nSPS) is 20.9. The molecule has 0 aliphatic carbocycles. The Bertz CT molecular complexity index is 1280. The summed E-state index contributed by atoms with van der Waals surface area (Å²) in [6.45, 7) is 4.40. The van der Waals surface area contributed by atoms with Gasteiger partial charge < -0.3 is 9.74 Å². The van der Waals surface area contributed by atoms with Crippen LogP contribution in [0.4, 0.5) is 13.2 Å². The van der Waals surface area contributed by atoms with Crippen LogP contribution in [0.1, 0.15) is 59.8 Å². The number of alkyl halides is 3. The Morgan fingerprint density at radius 2 is 1.94 bits per heavy atom. The molecule has 0 saturated carbocycles. The van der Waals surface area contributed by atoms with Crippen LogP contribution in [0.5, 0.6) is 0 Å². The molecule has 1 amide bonds. The highest BCUT2D eigenvalue weighted by molar-refractivity contribution is 7.10. The number of nitrogens with zero attached hydrogens (tertiary/aromatic N) is 5. The molecule has 0 unspecified atom stereocenters. The maximum Gasteiger partial charge on any atom is 0.435 e. The Morgan fingerprint density at radius 3 is 2.61 bits per heavy atom. The van der Waals surface area contributed by atoms with E-state index in [0.29, 0.717) is 25.2 Å². The first-order chi connectivity index (χ1) is 17.1. The van der Waals surface area contributed by atoms with Crippen LogP contribution >= 0.6 is 11.3 Å². The Kier molecular flexibility index (Phi) is 6.36. The molecule has 0 spiro atoms. The van der Waals surface area contributed by atoms with Gasteiger partial charge in [-0.1, -0.05) is 35.5 Å². The molecule has 5 rings (SSSR count). The third kappa shape index (κ3) is 4.88. The number of aryl methyl sites for hydroxylation is 1. The number of amides is 1. The third-order valence-corrected chi connectivity index (χ3v) is 7.82. The molecule has 190 valence electrons. The lowest BCUT2D eigenvalue weighted by Crippen LogP contribution is -2.40. The van der Waals surface area contributed by atoms with Gasteiger partial charge in [-0.25, -0.2) is 4.98 Å². The van der Waals surface area contributed by atoms with Crippen LogP contribution in [0.3, 0.4) is 0 Å². The van der Waals surface area contributed by atoms with Crippen LogP contribution in [0.25, 0.3) is 0 Å². The summed E-state index contributed by atoms with van der Waals surface area (Å²) in [5, 5.41) is 10.9. The summed E-state index contributed by atoms with van der Waals surface area (Å²) in [5.41, 5.74) is 1.53. The van der Waals surface area contributed by atoms with Crippen LogP contribution in [0.15, 0.2) is 46.9 Å². The molecule has 2 aliphatic rings. The number of likely N-dealkylation sites (tertiary alicyclic amines) is 1. The minimum atomic E-state index is -4.53. The fraction of sp³-hybridized carbons (Fsp3) is 0.440. The van der Waals surface area contributed by atoms with Gasteiger partial charge >= 0.3 is 6.18 Å². The van der Waals surface area contributed by atoms with Crippen molar-refractivity contribution in [3.8, 4) is 0 Å². The lowest BCUT2D eigenvalue weighted by molar-refractivity contribution is -0.142. The molecule has 0 N–H and O–H groups in total. The largest absolute Gasteiger partial charge is 0.435 e. The Labute approximate surface area is 210 Å². The van der Waals surface area contributed by atoms with E-state index in [1.54, 1.807) is 16.2 Å². The first kappa shape index (κ1) is 24.5. The second-order valence-electron chi connectivity index (χ2n) is 9.46. The highest BCUT2D eigenvalue weighted by Crippen LogP contribution is 2.37. The van der Waals surface area contributed by atoms with Crippen LogP contribution in [0, 0.1) is 6.92 Å². The molecule has 3 aromatic rings. The first-order valence-electron chi connectivity index (χ1n) is 11.8. The van der Waals surface area contributed by atoms with Crippen molar-refractivity contribution in [1.29, 1.82) is 0 Å². The fourth-order valence-electron chi connectivity index (χ4n) is 4.64. The van der Waals surface area contributed by atoms with E-state index in [0.717, 1.165) is 45.6 Å². The summed E-state index contributed by atoms with van der Waals surface area (Å²) >= 11 is 1.59. The third-order valence-electron chi connectivity index (χ3n) is 6.82. The number of piperidine rings is 1. The Balaban J connectivity index is 1.17. The molecule has 2 aliphatic heterocycles. The van der Waals surface area contributed by atoms with E-state index in [1.165, 1.54) is 6.92 Å². The topological polar surface area (TPSA) is 72.6 Å². The van der Waals surface area contributed by atoms with E-state index in [9.17, 15) is 18.0 Å². The van der Waals surface area contributed by atoms with Crippen LogP contribution in [0.2, 0.25) is 0 Å². The van der Waals surface area contributed by atoms with Gasteiger partial charge in [0, 0.05) is 36.5 Å². The molecule has 11 heteroatoms. The zero-order valence-corrected chi connectivity index (χ0v) is 20.8. The summed E-state index contributed by atoms with van der Waals surface area (Å²) in [4.78, 5) is 25.1. The predicted molar refractivity (Wildman–Crippen MR) is 129 cm³/mol. The van der Waals surface area contributed by atoms with Gasteiger partial charge in [0.05, 0.1) is 10.7 Å². The summed E-state index contributed by atoms with van der Waals surface area (Å²) in [6.07, 6.45) is -2.40. The molecule has 36 heavy (non-hydrogen) atoms. The maximum atomic E-state index is 12.9. The Hall–Kier alpha value is -3.21. The average molecular weight is 518 g/mol. The average Bonchev–Trinajstić information content (AvgIpc) is 3.59. The summed E-state index contributed by atoms with van der Waals surface area (Å²) in [6, 6.07) is 11.0. The zero-order chi connectivity index (χ0) is 25.5. The quantitative estimate of drug-likeness (QED) is 0.471. The SMILES string of the molecule is Cc1cc(C(F)(F)F)nn1CC(=O)N1CCC(c2nc(C3=NO[C@@](C)(c4ccccc4)C3)cs2)CC1. The predicted octanol–water partition coefficient (Wildman–Crippen LogP) is 5.11. The molecular formula is C25H26F3N5O2S. The zero-order valence-electron chi connectivity index (χ0n) is 20.0. The molecule has 2 aromatic heterocycles. The molecule has 1 aromatic carbocycles. The number of rotatable bonds is 5. The van der Waals surface area contributed by atoms with Crippen molar-refractivity contribution in [1.82, 2.24) is 19.7 Å². The van der Waals surface area contributed by atoms with Crippen molar-refractivity contribution >= 4 is 23.0 Å². The Morgan fingerprint density at radius 1 is 1.22 bits per heavy atom. The van der Waals surface area contributed by atoms with Gasteiger partial charge in [0.1, 0.15) is 12.3 Å². The summed E-state index contributed by atoms with van der Waals surface area (Å²) in [5.74, 6) is -0.00893. The molecule has 1 atom stereocenters. The molecule has 0 bridgehead atoms. The fourth-order valence-corrected chi connectivity index (χ4v) is 5.64. The molecule has 1 fully saturated rings. The van der Waals surface area contributed by atoms with Crippen molar-refractivity contribution < 1.29 is 22.8 Å². The van der Waals surface area contributed by atoms with Gasteiger partial charge in [0.2, 0.25) is 5.91 Å². The number of oxime groups is 1. The molecule has 4 heterocycles. The van der Waals surface area contributed by atoms with E-state index >= 15 is 0 Å². The standard InChI is InChI=1S/C25H26F3N5O2S/c1-16-12-21(25(26,27)28)30-33(16)14-22(34)32-10-8-17(9-11-32)23-29-20(15-36-23)19-13-24(2,35-31-19)18-6-4-3-5-7-18/h3-7,12,15,17H,8-11,13-14H2,1-2H3/t24-/m1/s1. The van der Waals surface area contributed by atoms with E-state index < -0.39 is 17.5 Å². The number of halogens is 3. The molecular weight excluding hydrogens is 491 g/mol. The van der Waals surface area contributed by atoms with E-state index in [2.05, 4.69) is 10.3 Å². The number of hydrogen-bond donors (Lipinski definition) is 0. The van der Waals surface area contributed by atoms with Crippen LogP contribution in [-0.4, -0.2) is 44.4 Å².